The van der Waals surface area contributed by atoms with Crippen LogP contribution in [0.4, 0.5) is 0 Å². The number of nitrogens with zero attached hydrogens (tertiary/aromatic N) is 1. The minimum absolute atomic E-state index is 0.0393. The lowest BCUT2D eigenvalue weighted by atomic mass is 10.1. The van der Waals surface area contributed by atoms with Gasteiger partial charge < -0.3 is 9.64 Å². The molecule has 0 saturated carbocycles. The maximum atomic E-state index is 12.9. The summed E-state index contributed by atoms with van der Waals surface area (Å²) >= 11 is 12.2. The Morgan fingerprint density at radius 2 is 1.79 bits per heavy atom. The summed E-state index contributed by atoms with van der Waals surface area (Å²) in [5.74, 6) is 0.235. The second kappa shape index (κ2) is 8.92. The summed E-state index contributed by atoms with van der Waals surface area (Å²) in [6.45, 7) is 5.40. The smallest absolute Gasteiger partial charge is 0.253 e. The monoisotopic (exact) mass is 458 g/mol. The van der Waals surface area contributed by atoms with Crippen molar-refractivity contribution in [2.24, 2.45) is 0 Å². The van der Waals surface area contributed by atoms with Crippen molar-refractivity contribution in [3.05, 3.63) is 57.6 Å². The molecule has 0 aliphatic heterocycles. The van der Waals surface area contributed by atoms with Gasteiger partial charge in [0.15, 0.2) is 0 Å². The Balaban J connectivity index is 2.33. The van der Waals surface area contributed by atoms with Crippen LogP contribution in [-0.4, -0.2) is 38.9 Å². The van der Waals surface area contributed by atoms with E-state index in [-0.39, 0.29) is 27.9 Å². The molecule has 9 heteroatoms. The van der Waals surface area contributed by atoms with Crippen LogP contribution >= 0.6 is 23.2 Å². The van der Waals surface area contributed by atoms with E-state index in [0.717, 1.165) is 5.56 Å². The van der Waals surface area contributed by atoms with Crippen LogP contribution in [-0.2, 0) is 16.6 Å². The fourth-order valence-corrected chi connectivity index (χ4v) is 4.86. The second-order valence-electron chi connectivity index (χ2n) is 7.62. The van der Waals surface area contributed by atoms with Crippen molar-refractivity contribution >= 4 is 39.1 Å². The van der Waals surface area contributed by atoms with E-state index in [1.54, 1.807) is 46.0 Å². The molecular weight excluding hydrogens is 435 g/mol. The first-order chi connectivity index (χ1) is 13.3. The second-order valence-corrected chi connectivity index (χ2v) is 10.1. The molecule has 0 aromatic heterocycles. The van der Waals surface area contributed by atoms with Crippen LogP contribution in [0.3, 0.4) is 0 Å². The number of carbonyl (C=O) groups is 1. The molecule has 2 aromatic rings. The fourth-order valence-electron chi connectivity index (χ4n) is 2.72. The highest BCUT2D eigenvalue weighted by atomic mass is 35.5. The summed E-state index contributed by atoms with van der Waals surface area (Å²) < 4.78 is 33.2. The average Bonchev–Trinajstić information content (AvgIpc) is 2.59. The summed E-state index contributed by atoms with van der Waals surface area (Å²) in [4.78, 5) is 14.2. The number of sulfonamides is 1. The number of benzene rings is 2. The number of halogens is 2. The number of amides is 1. The van der Waals surface area contributed by atoms with Gasteiger partial charge in [0.25, 0.3) is 5.91 Å². The van der Waals surface area contributed by atoms with Crippen molar-refractivity contribution in [1.82, 2.24) is 9.62 Å². The summed E-state index contributed by atoms with van der Waals surface area (Å²) in [6, 6.07) is 9.32. The Bertz CT molecular complexity index is 1020. The van der Waals surface area contributed by atoms with Crippen LogP contribution in [0, 0.1) is 0 Å². The topological polar surface area (TPSA) is 75.7 Å². The molecule has 0 saturated heterocycles. The molecule has 29 heavy (non-hydrogen) atoms. The van der Waals surface area contributed by atoms with E-state index in [1.807, 2.05) is 0 Å². The molecule has 1 amide bonds. The van der Waals surface area contributed by atoms with Gasteiger partial charge in [0.05, 0.1) is 12.1 Å². The summed E-state index contributed by atoms with van der Waals surface area (Å²) in [6.07, 6.45) is 0. The summed E-state index contributed by atoms with van der Waals surface area (Å²) in [7, 11) is -0.751. The molecule has 0 aliphatic carbocycles. The lowest BCUT2D eigenvalue weighted by Crippen LogP contribution is -2.40. The van der Waals surface area contributed by atoms with Crippen LogP contribution in [0.15, 0.2) is 41.3 Å². The van der Waals surface area contributed by atoms with Crippen molar-refractivity contribution in [2.45, 2.75) is 37.8 Å². The van der Waals surface area contributed by atoms with Gasteiger partial charge in [-0.2, -0.15) is 0 Å². The SMILES string of the molecule is COc1ccc(Cl)cc1CN(C)C(=O)c1ccc(Cl)c(S(=O)(=O)NC(C)(C)C)c1. The third-order valence-corrected chi connectivity index (χ3v) is 6.38. The maximum Gasteiger partial charge on any atom is 0.253 e. The molecule has 6 nitrogen and oxygen atoms in total. The van der Waals surface area contributed by atoms with Gasteiger partial charge in [-0.15, -0.1) is 0 Å². The molecule has 0 bridgehead atoms. The zero-order valence-electron chi connectivity index (χ0n) is 16.9. The number of carbonyl (C=O) groups excluding carboxylic acids is 1. The van der Waals surface area contributed by atoms with Gasteiger partial charge in [0, 0.05) is 35.3 Å². The fraction of sp³-hybridized carbons (Fsp3) is 0.350. The maximum absolute atomic E-state index is 12.9. The molecule has 0 fully saturated rings. The number of nitrogens with one attached hydrogen (secondary N) is 1. The Kier molecular flexibility index (Phi) is 7.22. The molecule has 0 unspecified atom stereocenters. The van der Waals surface area contributed by atoms with Gasteiger partial charge in [0.1, 0.15) is 10.6 Å². The Hall–Kier alpha value is -1.80. The van der Waals surface area contributed by atoms with Crippen molar-refractivity contribution in [3.63, 3.8) is 0 Å². The first-order valence-corrected chi connectivity index (χ1v) is 11.0. The van der Waals surface area contributed by atoms with Crippen LogP contribution in [0.1, 0.15) is 36.7 Å². The molecule has 0 aliphatic rings. The van der Waals surface area contributed by atoms with Crippen molar-refractivity contribution < 1.29 is 17.9 Å². The molecule has 0 atom stereocenters. The van der Waals surface area contributed by atoms with Gasteiger partial charge >= 0.3 is 0 Å². The van der Waals surface area contributed by atoms with E-state index in [9.17, 15) is 13.2 Å². The third-order valence-electron chi connectivity index (χ3n) is 3.90. The van der Waals surface area contributed by atoms with E-state index < -0.39 is 15.6 Å². The predicted molar refractivity (Wildman–Crippen MR) is 115 cm³/mol. The van der Waals surface area contributed by atoms with Gasteiger partial charge in [0.2, 0.25) is 10.0 Å². The zero-order chi connectivity index (χ0) is 22.0. The first-order valence-electron chi connectivity index (χ1n) is 8.75. The lowest BCUT2D eigenvalue weighted by molar-refractivity contribution is 0.0784. The number of rotatable bonds is 6. The minimum atomic E-state index is -3.90. The van der Waals surface area contributed by atoms with Gasteiger partial charge in [-0.3, -0.25) is 4.79 Å². The lowest BCUT2D eigenvalue weighted by Gasteiger charge is -2.22. The highest BCUT2D eigenvalue weighted by Crippen LogP contribution is 2.26. The van der Waals surface area contributed by atoms with Gasteiger partial charge in [-0.1, -0.05) is 23.2 Å². The highest BCUT2D eigenvalue weighted by Gasteiger charge is 2.26. The van der Waals surface area contributed by atoms with Gasteiger partial charge in [-0.05, 0) is 57.2 Å². The molecule has 0 heterocycles. The minimum Gasteiger partial charge on any atom is -0.496 e. The summed E-state index contributed by atoms with van der Waals surface area (Å²) in [5, 5.41) is 0.562. The molecule has 0 spiro atoms. The van der Waals surface area contributed by atoms with E-state index >= 15 is 0 Å². The molecule has 158 valence electrons. The van der Waals surface area contributed by atoms with Crippen molar-refractivity contribution in [3.8, 4) is 5.75 Å². The van der Waals surface area contributed by atoms with E-state index in [4.69, 9.17) is 27.9 Å². The van der Waals surface area contributed by atoms with Crippen LogP contribution in [0.25, 0.3) is 0 Å². The number of ether oxygens (including phenoxy) is 1. The standard InChI is InChI=1S/C20H24Cl2N2O4S/c1-20(2,3)23-29(26,27)18-11-13(6-8-16(18)22)19(25)24(4)12-14-10-15(21)7-9-17(14)28-5/h6-11,23H,12H2,1-5H3. The predicted octanol–water partition coefficient (Wildman–Crippen LogP) is 4.35. The molecule has 2 rings (SSSR count). The Morgan fingerprint density at radius 1 is 1.14 bits per heavy atom. The van der Waals surface area contributed by atoms with Crippen molar-refractivity contribution in [1.29, 1.82) is 0 Å². The zero-order valence-corrected chi connectivity index (χ0v) is 19.2. The van der Waals surface area contributed by atoms with E-state index in [1.165, 1.54) is 30.2 Å². The quantitative estimate of drug-likeness (QED) is 0.697. The van der Waals surface area contributed by atoms with Crippen LogP contribution in [0.2, 0.25) is 10.0 Å². The molecular formula is C20H24Cl2N2O4S. The first kappa shape index (κ1) is 23.5. The normalized spacial score (nSPS) is 12.0. The van der Waals surface area contributed by atoms with Crippen LogP contribution < -0.4 is 9.46 Å². The third kappa shape index (κ3) is 6.09. The van der Waals surface area contributed by atoms with Gasteiger partial charge in [-0.25, -0.2) is 13.1 Å². The van der Waals surface area contributed by atoms with Crippen LogP contribution in [0.5, 0.6) is 5.75 Å². The average molecular weight is 459 g/mol. The number of hydrogen-bond acceptors (Lipinski definition) is 4. The van der Waals surface area contributed by atoms with E-state index in [0.29, 0.717) is 10.8 Å². The Labute approximate surface area is 181 Å². The molecule has 1 N–H and O–H groups in total. The Morgan fingerprint density at radius 3 is 2.38 bits per heavy atom. The molecule has 0 radical (unpaired) electrons. The van der Waals surface area contributed by atoms with E-state index in [2.05, 4.69) is 4.72 Å². The number of hydrogen-bond donors (Lipinski definition) is 1. The molecule has 2 aromatic carbocycles. The highest BCUT2D eigenvalue weighted by molar-refractivity contribution is 7.89. The van der Waals surface area contributed by atoms with Crippen molar-refractivity contribution in [2.75, 3.05) is 14.2 Å². The summed E-state index contributed by atoms with van der Waals surface area (Å²) in [5.41, 5.74) is 0.237. The number of methoxy groups -OCH3 is 1. The largest absolute Gasteiger partial charge is 0.496 e.